The van der Waals surface area contributed by atoms with Gasteiger partial charge in [-0.3, -0.25) is 4.79 Å². The number of hydrogen-bond acceptors (Lipinski definition) is 3. The highest BCUT2D eigenvalue weighted by Crippen LogP contribution is 2.34. The maximum absolute atomic E-state index is 12.5. The molecule has 0 saturated heterocycles. The van der Waals surface area contributed by atoms with Crippen molar-refractivity contribution in [1.29, 1.82) is 0 Å². The van der Waals surface area contributed by atoms with Crippen LogP contribution in [0.3, 0.4) is 0 Å². The highest BCUT2D eigenvalue weighted by atomic mass is 16.4. The molecule has 2 atom stereocenters. The first kappa shape index (κ1) is 18.2. The number of aryl methyl sites for hydroxylation is 1. The summed E-state index contributed by atoms with van der Waals surface area (Å²) in [6.45, 7) is 0. The minimum absolute atomic E-state index is 0.122. The van der Waals surface area contributed by atoms with Crippen LogP contribution in [0.2, 0.25) is 0 Å². The number of carboxylic acids is 1. The summed E-state index contributed by atoms with van der Waals surface area (Å²) < 4.78 is 0. The molecular weight excluding hydrogens is 354 g/mol. The van der Waals surface area contributed by atoms with Crippen LogP contribution in [0.15, 0.2) is 48.8 Å². The zero-order valence-electron chi connectivity index (χ0n) is 15.5. The molecule has 28 heavy (non-hydrogen) atoms. The lowest BCUT2D eigenvalue weighted by molar-refractivity contribution is -0.142. The maximum Gasteiger partial charge on any atom is 0.326 e. The van der Waals surface area contributed by atoms with E-state index in [1.165, 1.54) is 11.1 Å². The van der Waals surface area contributed by atoms with Crippen molar-refractivity contribution in [3.05, 3.63) is 65.5 Å². The number of aromatic amines is 1. The van der Waals surface area contributed by atoms with E-state index in [9.17, 15) is 14.7 Å². The molecule has 1 amide bonds. The number of H-pyrrole nitrogens is 1. The van der Waals surface area contributed by atoms with Gasteiger partial charge in [0.2, 0.25) is 5.91 Å². The smallest absolute Gasteiger partial charge is 0.326 e. The number of benzene rings is 1. The molecule has 144 valence electrons. The van der Waals surface area contributed by atoms with E-state index in [4.69, 9.17) is 0 Å². The van der Waals surface area contributed by atoms with Gasteiger partial charge >= 0.3 is 5.97 Å². The van der Waals surface area contributed by atoms with Crippen LogP contribution in [-0.4, -0.2) is 33.0 Å². The summed E-state index contributed by atoms with van der Waals surface area (Å²) >= 11 is 0. The summed E-state index contributed by atoms with van der Waals surface area (Å²) in [6.07, 6.45) is 7.00. The van der Waals surface area contributed by atoms with Gasteiger partial charge in [-0.1, -0.05) is 24.3 Å². The molecule has 1 aliphatic rings. The fourth-order valence-electron chi connectivity index (χ4n) is 4.18. The Balaban J connectivity index is 1.45. The summed E-state index contributed by atoms with van der Waals surface area (Å²) in [5, 5.41) is 13.3. The lowest BCUT2D eigenvalue weighted by atomic mass is 9.79. The quantitative estimate of drug-likeness (QED) is 0.615. The minimum atomic E-state index is -0.989. The average Bonchev–Trinajstić information content (AvgIpc) is 3.10. The average molecular weight is 377 g/mol. The molecule has 0 fully saturated rings. The molecule has 1 aliphatic carbocycles. The topological polar surface area (TPSA) is 95.1 Å². The Labute approximate surface area is 163 Å². The van der Waals surface area contributed by atoms with E-state index < -0.39 is 12.0 Å². The van der Waals surface area contributed by atoms with Crippen molar-refractivity contribution < 1.29 is 14.7 Å². The number of amides is 1. The van der Waals surface area contributed by atoms with E-state index >= 15 is 0 Å². The second kappa shape index (κ2) is 7.84. The third kappa shape index (κ3) is 3.76. The zero-order valence-corrected chi connectivity index (χ0v) is 15.5. The molecule has 3 aromatic rings. The van der Waals surface area contributed by atoms with Gasteiger partial charge in [0.25, 0.3) is 0 Å². The third-order valence-electron chi connectivity index (χ3n) is 5.53. The number of hydrogen-bond donors (Lipinski definition) is 3. The fraction of sp³-hybridized carbons (Fsp3) is 0.318. The van der Waals surface area contributed by atoms with E-state index in [0.717, 1.165) is 35.9 Å². The molecular formula is C22H23N3O3. The molecule has 2 aromatic heterocycles. The molecule has 1 aromatic carbocycles. The standard InChI is InChI=1S/C22H23N3O3/c26-20(12-16-13-24-21-18(16)9-4-10-23-21)25-19(22(27)28)11-15-7-3-6-14-5-1-2-8-17(14)15/h1-2,4-5,8-10,13,15,19H,3,6-7,11-12H2,(H,23,24)(H,25,26)(H,27,28). The molecule has 0 bridgehead atoms. The number of carboxylic acid groups (broad SMARTS) is 1. The van der Waals surface area contributed by atoms with Gasteiger partial charge in [-0.25, -0.2) is 9.78 Å². The highest BCUT2D eigenvalue weighted by molar-refractivity contribution is 5.89. The molecule has 2 heterocycles. The number of nitrogens with one attached hydrogen (secondary N) is 2. The predicted octanol–water partition coefficient (Wildman–Crippen LogP) is 3.19. The number of rotatable bonds is 6. The van der Waals surface area contributed by atoms with Gasteiger partial charge in [0, 0.05) is 17.8 Å². The number of fused-ring (bicyclic) bond motifs is 2. The van der Waals surface area contributed by atoms with Crippen LogP contribution in [0.5, 0.6) is 0 Å². The number of aliphatic carboxylic acids is 1. The highest BCUT2D eigenvalue weighted by Gasteiger charge is 2.28. The Kier molecular flexibility index (Phi) is 5.10. The summed E-state index contributed by atoms with van der Waals surface area (Å²) in [6, 6.07) is 11.0. The molecule has 3 N–H and O–H groups in total. The number of carbonyl (C=O) groups is 2. The summed E-state index contributed by atoms with van der Waals surface area (Å²) in [7, 11) is 0. The summed E-state index contributed by atoms with van der Waals surface area (Å²) in [4.78, 5) is 31.6. The Bertz CT molecular complexity index is 1010. The molecule has 0 saturated carbocycles. The normalized spacial score (nSPS) is 17.1. The Morgan fingerprint density at radius 3 is 2.96 bits per heavy atom. The fourth-order valence-corrected chi connectivity index (χ4v) is 4.18. The zero-order chi connectivity index (χ0) is 19.5. The van der Waals surface area contributed by atoms with Crippen molar-refractivity contribution in [2.24, 2.45) is 0 Å². The van der Waals surface area contributed by atoms with Gasteiger partial charge in [-0.15, -0.1) is 0 Å². The van der Waals surface area contributed by atoms with Crippen LogP contribution >= 0.6 is 0 Å². The molecule has 4 rings (SSSR count). The van der Waals surface area contributed by atoms with E-state index in [1.54, 1.807) is 12.4 Å². The van der Waals surface area contributed by atoms with Gasteiger partial charge in [-0.05, 0) is 60.4 Å². The largest absolute Gasteiger partial charge is 0.480 e. The Morgan fingerprint density at radius 2 is 2.11 bits per heavy atom. The summed E-state index contributed by atoms with van der Waals surface area (Å²) in [5.74, 6) is -1.12. The lowest BCUT2D eigenvalue weighted by Crippen LogP contribution is -2.42. The predicted molar refractivity (Wildman–Crippen MR) is 106 cm³/mol. The van der Waals surface area contributed by atoms with Gasteiger partial charge in [-0.2, -0.15) is 0 Å². The van der Waals surface area contributed by atoms with E-state index in [1.807, 2.05) is 24.3 Å². The van der Waals surface area contributed by atoms with Crippen molar-refractivity contribution >= 4 is 22.9 Å². The van der Waals surface area contributed by atoms with Gasteiger partial charge in [0.15, 0.2) is 0 Å². The van der Waals surface area contributed by atoms with Crippen molar-refractivity contribution in [2.45, 2.75) is 44.1 Å². The van der Waals surface area contributed by atoms with Crippen LogP contribution in [0.1, 0.15) is 41.9 Å². The molecule has 6 nitrogen and oxygen atoms in total. The lowest BCUT2D eigenvalue weighted by Gasteiger charge is -2.28. The summed E-state index contributed by atoms with van der Waals surface area (Å²) in [5.41, 5.74) is 4.05. The third-order valence-corrected chi connectivity index (χ3v) is 5.53. The minimum Gasteiger partial charge on any atom is -0.480 e. The Morgan fingerprint density at radius 1 is 1.25 bits per heavy atom. The number of pyridine rings is 1. The molecule has 2 unspecified atom stereocenters. The van der Waals surface area contributed by atoms with Crippen LogP contribution in [0, 0.1) is 0 Å². The Hall–Kier alpha value is -3.15. The monoisotopic (exact) mass is 377 g/mol. The maximum atomic E-state index is 12.5. The molecule has 6 heteroatoms. The van der Waals surface area contributed by atoms with Crippen molar-refractivity contribution in [3.63, 3.8) is 0 Å². The first-order chi connectivity index (χ1) is 13.6. The van der Waals surface area contributed by atoms with Gasteiger partial charge in [0.05, 0.1) is 6.42 Å². The van der Waals surface area contributed by atoms with E-state index in [2.05, 4.69) is 27.4 Å². The number of nitrogens with zero attached hydrogens (tertiary/aromatic N) is 1. The first-order valence-corrected chi connectivity index (χ1v) is 9.63. The second-order valence-corrected chi connectivity index (χ2v) is 7.37. The van der Waals surface area contributed by atoms with Crippen LogP contribution in [-0.2, 0) is 22.4 Å². The van der Waals surface area contributed by atoms with Crippen molar-refractivity contribution in [3.8, 4) is 0 Å². The second-order valence-electron chi connectivity index (χ2n) is 7.37. The van der Waals surface area contributed by atoms with Crippen molar-refractivity contribution in [2.75, 3.05) is 0 Å². The van der Waals surface area contributed by atoms with Crippen molar-refractivity contribution in [1.82, 2.24) is 15.3 Å². The van der Waals surface area contributed by atoms with Crippen LogP contribution in [0.25, 0.3) is 11.0 Å². The first-order valence-electron chi connectivity index (χ1n) is 9.63. The van der Waals surface area contributed by atoms with Crippen LogP contribution in [0.4, 0.5) is 0 Å². The van der Waals surface area contributed by atoms with E-state index in [0.29, 0.717) is 6.42 Å². The number of aromatic nitrogens is 2. The SMILES string of the molecule is O=C(Cc1c[nH]c2ncccc12)NC(CC1CCCc2ccccc21)C(=O)O. The van der Waals surface area contributed by atoms with Gasteiger partial charge in [0.1, 0.15) is 11.7 Å². The molecule has 0 spiro atoms. The van der Waals surface area contributed by atoms with E-state index in [-0.39, 0.29) is 18.2 Å². The molecule has 0 aliphatic heterocycles. The number of carbonyl (C=O) groups excluding carboxylic acids is 1. The molecule has 0 radical (unpaired) electrons. The van der Waals surface area contributed by atoms with Gasteiger partial charge < -0.3 is 15.4 Å². The van der Waals surface area contributed by atoms with Crippen LogP contribution < -0.4 is 5.32 Å².